The highest BCUT2D eigenvalue weighted by Crippen LogP contribution is 2.13. The van der Waals surface area contributed by atoms with E-state index in [1.807, 2.05) is 0 Å². The first-order chi connectivity index (χ1) is 8.13. The van der Waals surface area contributed by atoms with Crippen molar-refractivity contribution in [1.82, 2.24) is 5.32 Å². The van der Waals surface area contributed by atoms with Crippen LogP contribution in [0.3, 0.4) is 0 Å². The Bertz CT molecular complexity index is 483. The van der Waals surface area contributed by atoms with Crippen molar-refractivity contribution < 1.29 is 14.7 Å². The van der Waals surface area contributed by atoms with E-state index in [0.29, 0.717) is 30.4 Å². The number of phenols is 1. The summed E-state index contributed by atoms with van der Waals surface area (Å²) in [6, 6.07) is 4.43. The van der Waals surface area contributed by atoms with Crippen molar-refractivity contribution in [3.8, 4) is 17.6 Å². The molecule has 1 rings (SSSR count). The minimum absolute atomic E-state index is 0.0379. The van der Waals surface area contributed by atoms with Gasteiger partial charge in [-0.1, -0.05) is 11.8 Å². The Morgan fingerprint density at radius 2 is 2.29 bits per heavy atom. The molecule has 0 heterocycles. The molecule has 4 heteroatoms. The number of carbonyl (C=O) groups is 2. The van der Waals surface area contributed by atoms with Gasteiger partial charge in [0.05, 0.1) is 0 Å². The van der Waals surface area contributed by atoms with Gasteiger partial charge in [-0.3, -0.25) is 9.59 Å². The maximum atomic E-state index is 10.7. The lowest BCUT2D eigenvalue weighted by atomic mass is 10.1. The molecule has 1 aromatic rings. The van der Waals surface area contributed by atoms with Crippen LogP contribution in [0.2, 0.25) is 0 Å². The minimum Gasteiger partial charge on any atom is -0.508 e. The summed E-state index contributed by atoms with van der Waals surface area (Å²) < 4.78 is 0. The Morgan fingerprint density at radius 3 is 2.94 bits per heavy atom. The number of hydrogen-bond donors (Lipinski definition) is 2. The van der Waals surface area contributed by atoms with E-state index in [1.165, 1.54) is 19.1 Å². The van der Waals surface area contributed by atoms with Crippen LogP contribution < -0.4 is 5.32 Å². The highest BCUT2D eigenvalue weighted by molar-refractivity contribution is 5.80. The Labute approximate surface area is 99.7 Å². The van der Waals surface area contributed by atoms with Gasteiger partial charge in [0.2, 0.25) is 5.91 Å². The lowest BCUT2D eigenvalue weighted by Gasteiger charge is -1.97. The zero-order valence-corrected chi connectivity index (χ0v) is 9.49. The average molecular weight is 231 g/mol. The molecule has 2 N–H and O–H groups in total. The van der Waals surface area contributed by atoms with E-state index in [0.717, 1.165) is 0 Å². The summed E-state index contributed by atoms with van der Waals surface area (Å²) in [4.78, 5) is 21.3. The lowest BCUT2D eigenvalue weighted by molar-refractivity contribution is -0.118. The van der Waals surface area contributed by atoms with Crippen molar-refractivity contribution in [3.05, 3.63) is 29.3 Å². The lowest BCUT2D eigenvalue weighted by Crippen LogP contribution is -2.20. The summed E-state index contributed by atoms with van der Waals surface area (Å²) in [5, 5.41) is 11.8. The Hall–Kier alpha value is -2.28. The number of phenolic OH excluding ortho intramolecular Hbond substituents is 1. The van der Waals surface area contributed by atoms with Gasteiger partial charge in [0, 0.05) is 31.0 Å². The second-order valence-electron chi connectivity index (χ2n) is 3.42. The second kappa shape index (κ2) is 6.33. The first-order valence-electron chi connectivity index (χ1n) is 5.15. The molecule has 0 saturated heterocycles. The van der Waals surface area contributed by atoms with Gasteiger partial charge in [-0.05, 0) is 18.2 Å². The predicted octanol–water partition coefficient (Wildman–Crippen LogP) is 1.08. The molecule has 0 radical (unpaired) electrons. The van der Waals surface area contributed by atoms with Gasteiger partial charge in [-0.15, -0.1) is 0 Å². The number of rotatable bonds is 3. The summed E-state index contributed by atoms with van der Waals surface area (Å²) in [6.07, 6.45) is 1.16. The number of benzene rings is 1. The molecule has 0 saturated carbocycles. The van der Waals surface area contributed by atoms with Gasteiger partial charge in [0.15, 0.2) is 6.29 Å². The third-order valence-electron chi connectivity index (χ3n) is 2.01. The fourth-order valence-electron chi connectivity index (χ4n) is 1.22. The van der Waals surface area contributed by atoms with Gasteiger partial charge in [-0.2, -0.15) is 0 Å². The van der Waals surface area contributed by atoms with E-state index >= 15 is 0 Å². The number of aromatic hydroxyl groups is 1. The quantitative estimate of drug-likeness (QED) is 0.465. The van der Waals surface area contributed by atoms with Crippen molar-refractivity contribution in [2.75, 3.05) is 6.54 Å². The third-order valence-corrected chi connectivity index (χ3v) is 2.01. The van der Waals surface area contributed by atoms with Crippen LogP contribution in [0, 0.1) is 11.8 Å². The van der Waals surface area contributed by atoms with E-state index in [2.05, 4.69) is 17.2 Å². The van der Waals surface area contributed by atoms with Crippen molar-refractivity contribution in [2.45, 2.75) is 13.3 Å². The zero-order valence-electron chi connectivity index (χ0n) is 9.49. The molecule has 0 aliphatic heterocycles. The maximum Gasteiger partial charge on any atom is 0.216 e. The van der Waals surface area contributed by atoms with Crippen LogP contribution in [0.4, 0.5) is 0 Å². The number of amides is 1. The van der Waals surface area contributed by atoms with Crippen molar-refractivity contribution in [2.24, 2.45) is 0 Å². The first-order valence-corrected chi connectivity index (χ1v) is 5.15. The molecule has 0 aliphatic rings. The normalized spacial score (nSPS) is 9.00. The largest absolute Gasteiger partial charge is 0.508 e. The summed E-state index contributed by atoms with van der Waals surface area (Å²) in [5.74, 6) is 5.61. The van der Waals surface area contributed by atoms with Crippen LogP contribution in [0.25, 0.3) is 0 Å². The van der Waals surface area contributed by atoms with Gasteiger partial charge in [-0.25, -0.2) is 0 Å². The molecule has 88 valence electrons. The average Bonchev–Trinajstić information content (AvgIpc) is 2.29. The highest BCUT2D eigenvalue weighted by Gasteiger charge is 1.99. The Kier molecular flexibility index (Phi) is 4.77. The Morgan fingerprint density at radius 1 is 1.53 bits per heavy atom. The summed E-state index contributed by atoms with van der Waals surface area (Å²) >= 11 is 0. The topological polar surface area (TPSA) is 66.4 Å². The molecular formula is C13H13NO3. The monoisotopic (exact) mass is 231 g/mol. The van der Waals surface area contributed by atoms with Gasteiger partial charge in [0.25, 0.3) is 0 Å². The fourth-order valence-corrected chi connectivity index (χ4v) is 1.22. The molecule has 1 aromatic carbocycles. The van der Waals surface area contributed by atoms with Gasteiger partial charge < -0.3 is 10.4 Å². The van der Waals surface area contributed by atoms with Crippen LogP contribution in [0.5, 0.6) is 5.75 Å². The molecule has 4 nitrogen and oxygen atoms in total. The summed E-state index contributed by atoms with van der Waals surface area (Å²) in [6.45, 7) is 1.93. The van der Waals surface area contributed by atoms with Crippen molar-refractivity contribution in [1.29, 1.82) is 0 Å². The fraction of sp³-hybridized carbons (Fsp3) is 0.231. The number of carbonyl (C=O) groups excluding carboxylic acids is 2. The van der Waals surface area contributed by atoms with Crippen LogP contribution in [0.15, 0.2) is 18.2 Å². The minimum atomic E-state index is -0.0926. The van der Waals surface area contributed by atoms with Crippen LogP contribution in [0.1, 0.15) is 29.3 Å². The maximum absolute atomic E-state index is 10.7. The van der Waals surface area contributed by atoms with E-state index in [-0.39, 0.29) is 11.7 Å². The second-order valence-corrected chi connectivity index (χ2v) is 3.42. The smallest absolute Gasteiger partial charge is 0.216 e. The molecule has 0 fully saturated rings. The third kappa shape index (κ3) is 4.39. The molecule has 0 bridgehead atoms. The SMILES string of the molecule is CC(=O)NCCC#Cc1ccc(O)cc1C=O. The molecule has 0 aliphatic carbocycles. The number of hydrogen-bond acceptors (Lipinski definition) is 3. The predicted molar refractivity (Wildman–Crippen MR) is 63.7 cm³/mol. The molecule has 17 heavy (non-hydrogen) atoms. The van der Waals surface area contributed by atoms with E-state index < -0.39 is 0 Å². The van der Waals surface area contributed by atoms with Gasteiger partial charge in [0.1, 0.15) is 5.75 Å². The zero-order chi connectivity index (χ0) is 12.7. The molecule has 0 aromatic heterocycles. The molecule has 0 spiro atoms. The highest BCUT2D eigenvalue weighted by atomic mass is 16.3. The van der Waals surface area contributed by atoms with Crippen molar-refractivity contribution in [3.63, 3.8) is 0 Å². The van der Waals surface area contributed by atoms with E-state index in [1.54, 1.807) is 6.07 Å². The van der Waals surface area contributed by atoms with E-state index in [9.17, 15) is 14.7 Å². The van der Waals surface area contributed by atoms with Crippen LogP contribution in [-0.4, -0.2) is 23.8 Å². The summed E-state index contributed by atoms with van der Waals surface area (Å²) in [7, 11) is 0. The van der Waals surface area contributed by atoms with Crippen LogP contribution >= 0.6 is 0 Å². The Balaban J connectivity index is 2.65. The van der Waals surface area contributed by atoms with Gasteiger partial charge >= 0.3 is 0 Å². The molecule has 0 atom stereocenters. The number of nitrogens with one attached hydrogen (secondary N) is 1. The van der Waals surface area contributed by atoms with E-state index in [4.69, 9.17) is 0 Å². The van der Waals surface area contributed by atoms with Crippen LogP contribution in [-0.2, 0) is 4.79 Å². The standard InChI is InChI=1S/C13H13NO3/c1-10(16)14-7-3-2-4-11-5-6-13(17)8-12(11)9-15/h5-6,8-9,17H,3,7H2,1H3,(H,14,16). The molecule has 1 amide bonds. The molecular weight excluding hydrogens is 218 g/mol. The molecule has 0 unspecified atom stereocenters. The van der Waals surface area contributed by atoms with Crippen molar-refractivity contribution >= 4 is 12.2 Å². The number of aldehydes is 1. The first kappa shape index (κ1) is 12.8. The summed E-state index contributed by atoms with van der Waals surface area (Å²) in [5.41, 5.74) is 0.928.